The van der Waals surface area contributed by atoms with Gasteiger partial charge >= 0.3 is 7.12 Å². The number of halogens is 1. The Morgan fingerprint density at radius 1 is 1.27 bits per heavy atom. The zero-order chi connectivity index (χ0) is 16.5. The molecular formula is C16H23BClNO3. The van der Waals surface area contributed by atoms with Crippen LogP contribution in [0.25, 0.3) is 6.08 Å². The summed E-state index contributed by atoms with van der Waals surface area (Å²) in [5, 5.41) is 0.636. The summed E-state index contributed by atoms with van der Waals surface area (Å²) in [4.78, 5) is 0. The number of benzene rings is 1. The molecule has 1 aliphatic heterocycles. The summed E-state index contributed by atoms with van der Waals surface area (Å²) >= 11 is 6.07. The molecule has 0 atom stereocenters. The van der Waals surface area contributed by atoms with Gasteiger partial charge in [0.25, 0.3) is 0 Å². The smallest absolute Gasteiger partial charge is 0.491 e. The van der Waals surface area contributed by atoms with E-state index >= 15 is 0 Å². The van der Waals surface area contributed by atoms with Crippen LogP contribution in [0.1, 0.15) is 33.3 Å². The Bertz CT molecular complexity index is 571. The maximum absolute atomic E-state index is 6.07. The van der Waals surface area contributed by atoms with Crippen LogP contribution in [0.4, 0.5) is 0 Å². The number of methoxy groups -OCH3 is 1. The minimum Gasteiger partial charge on any atom is -0.496 e. The first kappa shape index (κ1) is 17.4. The fourth-order valence-corrected chi connectivity index (χ4v) is 2.42. The van der Waals surface area contributed by atoms with Crippen molar-refractivity contribution in [2.24, 2.45) is 5.73 Å². The quantitative estimate of drug-likeness (QED) is 0.864. The zero-order valence-electron chi connectivity index (χ0n) is 13.8. The normalized spacial score (nSPS) is 20.3. The largest absolute Gasteiger partial charge is 0.496 e. The van der Waals surface area contributed by atoms with Gasteiger partial charge in [0, 0.05) is 17.1 Å². The summed E-state index contributed by atoms with van der Waals surface area (Å²) in [6, 6.07) is 5.45. The van der Waals surface area contributed by atoms with E-state index < -0.39 is 18.3 Å². The Morgan fingerprint density at radius 3 is 2.36 bits per heavy atom. The predicted molar refractivity (Wildman–Crippen MR) is 91.1 cm³/mol. The first-order valence-corrected chi connectivity index (χ1v) is 7.67. The molecule has 2 rings (SSSR count). The van der Waals surface area contributed by atoms with Gasteiger partial charge in [-0.2, -0.15) is 0 Å². The molecule has 0 aliphatic carbocycles. The molecule has 0 spiro atoms. The molecule has 2 N–H and O–H groups in total. The lowest BCUT2D eigenvalue weighted by atomic mass is 9.77. The lowest BCUT2D eigenvalue weighted by Gasteiger charge is -2.32. The molecule has 0 amide bonds. The summed E-state index contributed by atoms with van der Waals surface area (Å²) in [6.45, 7) is 8.39. The van der Waals surface area contributed by atoms with Crippen molar-refractivity contribution in [3.05, 3.63) is 34.3 Å². The van der Waals surface area contributed by atoms with E-state index in [4.69, 9.17) is 31.4 Å². The monoisotopic (exact) mass is 323 g/mol. The van der Waals surface area contributed by atoms with Crippen molar-refractivity contribution in [1.82, 2.24) is 0 Å². The first-order chi connectivity index (χ1) is 10.2. The molecule has 1 fully saturated rings. The summed E-state index contributed by atoms with van der Waals surface area (Å²) in [5.41, 5.74) is 6.81. The third-order valence-electron chi connectivity index (χ3n) is 4.32. The van der Waals surface area contributed by atoms with Crippen LogP contribution < -0.4 is 10.5 Å². The molecule has 6 heteroatoms. The topological polar surface area (TPSA) is 53.7 Å². The van der Waals surface area contributed by atoms with Gasteiger partial charge in [0.1, 0.15) is 5.75 Å². The van der Waals surface area contributed by atoms with Crippen LogP contribution in [-0.4, -0.2) is 32.0 Å². The summed E-state index contributed by atoms with van der Waals surface area (Å²) in [6.07, 6.45) is 1.92. The van der Waals surface area contributed by atoms with Crippen LogP contribution in [0.3, 0.4) is 0 Å². The predicted octanol–water partition coefficient (Wildman–Crippen LogP) is 3.32. The molecule has 0 saturated carbocycles. The third kappa shape index (κ3) is 3.33. The number of nitrogens with two attached hydrogens (primary N) is 1. The van der Waals surface area contributed by atoms with Crippen LogP contribution in [-0.2, 0) is 9.31 Å². The Kier molecular flexibility index (Phi) is 4.92. The van der Waals surface area contributed by atoms with Gasteiger partial charge in [-0.05, 0) is 51.4 Å². The summed E-state index contributed by atoms with van der Waals surface area (Å²) < 4.78 is 17.5. The lowest BCUT2D eigenvalue weighted by molar-refractivity contribution is 0.00578. The van der Waals surface area contributed by atoms with Crippen molar-refractivity contribution >= 4 is 24.8 Å². The van der Waals surface area contributed by atoms with Gasteiger partial charge < -0.3 is 19.8 Å². The highest BCUT2D eigenvalue weighted by atomic mass is 35.5. The van der Waals surface area contributed by atoms with E-state index in [0.717, 1.165) is 16.8 Å². The minimum atomic E-state index is -0.473. The average Bonchev–Trinajstić information content (AvgIpc) is 2.64. The molecule has 4 nitrogen and oxygen atoms in total. The fourth-order valence-electron chi connectivity index (χ4n) is 2.24. The molecule has 1 saturated heterocycles. The number of rotatable bonds is 4. The second kappa shape index (κ2) is 6.24. The van der Waals surface area contributed by atoms with Crippen LogP contribution in [0.15, 0.2) is 23.7 Å². The number of hydrogen-bond donors (Lipinski definition) is 1. The molecular weight excluding hydrogens is 300 g/mol. The molecule has 0 bridgehead atoms. The van der Waals surface area contributed by atoms with Gasteiger partial charge in [0.05, 0.1) is 18.3 Å². The van der Waals surface area contributed by atoms with E-state index in [9.17, 15) is 0 Å². The second-order valence-corrected chi connectivity index (χ2v) is 6.83. The molecule has 1 aromatic rings. The first-order valence-electron chi connectivity index (χ1n) is 7.30. The molecule has 22 heavy (non-hydrogen) atoms. The van der Waals surface area contributed by atoms with Crippen molar-refractivity contribution in [3.63, 3.8) is 0 Å². The molecule has 0 radical (unpaired) electrons. The van der Waals surface area contributed by atoms with Gasteiger partial charge in [-0.1, -0.05) is 17.7 Å². The highest BCUT2D eigenvalue weighted by Gasteiger charge is 2.52. The zero-order valence-corrected chi connectivity index (χ0v) is 14.5. The number of ether oxygens (including phenoxy) is 1. The molecule has 1 heterocycles. The third-order valence-corrected chi connectivity index (χ3v) is 4.56. The Labute approximate surface area is 137 Å². The Hall–Kier alpha value is -1.01. The van der Waals surface area contributed by atoms with Crippen molar-refractivity contribution in [2.45, 2.75) is 38.9 Å². The highest BCUT2D eigenvalue weighted by molar-refractivity contribution is 6.56. The van der Waals surface area contributed by atoms with E-state index in [2.05, 4.69) is 0 Å². The van der Waals surface area contributed by atoms with Crippen molar-refractivity contribution < 1.29 is 14.0 Å². The second-order valence-electron chi connectivity index (χ2n) is 6.40. The van der Waals surface area contributed by atoms with Crippen molar-refractivity contribution in [2.75, 3.05) is 13.7 Å². The van der Waals surface area contributed by atoms with E-state index in [1.807, 2.05) is 45.9 Å². The van der Waals surface area contributed by atoms with Gasteiger partial charge in [-0.15, -0.1) is 0 Å². The van der Waals surface area contributed by atoms with Gasteiger partial charge in [-0.3, -0.25) is 0 Å². The SMILES string of the molecule is COc1ccc(Cl)cc1C=C(CN)B1OC(C)(C)C(C)(C)O1. The average molecular weight is 324 g/mol. The van der Waals surface area contributed by atoms with E-state index in [0.29, 0.717) is 11.6 Å². The fraction of sp³-hybridized carbons (Fsp3) is 0.500. The van der Waals surface area contributed by atoms with E-state index in [1.54, 1.807) is 13.2 Å². The number of hydrogen-bond acceptors (Lipinski definition) is 4. The Morgan fingerprint density at radius 2 is 1.86 bits per heavy atom. The summed E-state index contributed by atoms with van der Waals surface area (Å²) in [5.74, 6) is 0.729. The van der Waals surface area contributed by atoms with Crippen molar-refractivity contribution in [1.29, 1.82) is 0 Å². The lowest BCUT2D eigenvalue weighted by Crippen LogP contribution is -2.41. The van der Waals surface area contributed by atoms with E-state index in [-0.39, 0.29) is 0 Å². The minimum absolute atomic E-state index is 0.326. The Balaban J connectivity index is 2.35. The molecule has 120 valence electrons. The van der Waals surface area contributed by atoms with E-state index in [1.165, 1.54) is 0 Å². The molecule has 1 aliphatic rings. The van der Waals surface area contributed by atoms with Crippen LogP contribution in [0.2, 0.25) is 5.02 Å². The maximum atomic E-state index is 6.07. The highest BCUT2D eigenvalue weighted by Crippen LogP contribution is 2.39. The van der Waals surface area contributed by atoms with Crippen LogP contribution in [0.5, 0.6) is 5.75 Å². The standard InChI is InChI=1S/C16H23BClNO3/c1-15(2)16(3,4)22-17(21-15)12(10-19)8-11-9-13(18)6-7-14(11)20-5/h6-9H,10,19H2,1-5H3. The maximum Gasteiger partial charge on any atom is 0.491 e. The molecule has 0 unspecified atom stereocenters. The summed E-state index contributed by atoms with van der Waals surface area (Å²) in [7, 11) is 1.15. The van der Waals surface area contributed by atoms with Crippen molar-refractivity contribution in [3.8, 4) is 5.75 Å². The van der Waals surface area contributed by atoms with Gasteiger partial charge in [0.2, 0.25) is 0 Å². The molecule has 0 aromatic heterocycles. The molecule has 1 aromatic carbocycles. The van der Waals surface area contributed by atoms with Crippen LogP contribution in [0, 0.1) is 0 Å². The van der Waals surface area contributed by atoms with Gasteiger partial charge in [-0.25, -0.2) is 0 Å². The van der Waals surface area contributed by atoms with Gasteiger partial charge in [0.15, 0.2) is 0 Å². The van der Waals surface area contributed by atoms with Crippen LogP contribution >= 0.6 is 11.6 Å².